The zero-order chi connectivity index (χ0) is 15.1. The topological polar surface area (TPSA) is 48.6 Å². The van der Waals surface area contributed by atoms with Gasteiger partial charge in [-0.05, 0) is 51.3 Å². The molecule has 0 radical (unpaired) electrons. The third kappa shape index (κ3) is 2.99. The van der Waals surface area contributed by atoms with Gasteiger partial charge in [-0.15, -0.1) is 0 Å². The zero-order valence-corrected chi connectivity index (χ0v) is 15.9. The van der Waals surface area contributed by atoms with Gasteiger partial charge in [0.15, 0.2) is 0 Å². The lowest BCUT2D eigenvalue weighted by molar-refractivity contribution is 1.16. The minimum Gasteiger partial charge on any atom is -0.306 e. The van der Waals surface area contributed by atoms with Crippen molar-refractivity contribution in [1.82, 2.24) is 9.97 Å². The Hall–Kier alpha value is -0.560. The van der Waals surface area contributed by atoms with Gasteiger partial charge in [0, 0.05) is 8.95 Å². The number of aromatic amines is 2. The van der Waals surface area contributed by atoms with E-state index in [-0.39, 0.29) is 10.5 Å². The van der Waals surface area contributed by atoms with Crippen LogP contribution in [0.25, 0.3) is 11.0 Å². The third-order valence-corrected chi connectivity index (χ3v) is 6.07. The van der Waals surface area contributed by atoms with E-state index in [0.717, 1.165) is 31.1 Å². The molecule has 1 unspecified atom stereocenters. The number of hydrogen-bond acceptors (Lipinski definition) is 1. The van der Waals surface area contributed by atoms with Crippen LogP contribution in [0.3, 0.4) is 0 Å². The fraction of sp³-hybridized carbons (Fsp3) is 0.0714. The molecule has 0 amide bonds. The van der Waals surface area contributed by atoms with Crippen molar-refractivity contribution >= 4 is 70.4 Å². The first-order valence-corrected chi connectivity index (χ1v) is 8.84. The Bertz CT molecular complexity index is 888. The largest absolute Gasteiger partial charge is 0.323 e. The Morgan fingerprint density at radius 1 is 1.00 bits per heavy atom. The number of nitrogens with one attached hydrogen (secondary N) is 2. The maximum atomic E-state index is 11.4. The number of hydrogen-bond donors (Lipinski definition) is 2. The van der Waals surface area contributed by atoms with Crippen LogP contribution >= 0.6 is 59.4 Å². The first-order valence-electron chi connectivity index (χ1n) is 5.96. The van der Waals surface area contributed by atoms with Gasteiger partial charge in [0.25, 0.3) is 0 Å². The molecule has 108 valence electrons. The lowest BCUT2D eigenvalue weighted by atomic mass is 10.0. The lowest BCUT2D eigenvalue weighted by Crippen LogP contribution is -1.99. The number of rotatable bonds is 2. The van der Waals surface area contributed by atoms with Crippen LogP contribution in [-0.2, 0) is 0 Å². The molecule has 3 aromatic rings. The molecule has 3 rings (SSSR count). The summed E-state index contributed by atoms with van der Waals surface area (Å²) in [6.45, 7) is 0. The smallest absolute Gasteiger partial charge is 0.306 e. The standard InChI is InChI=1S/C14H8Br3ClN2O/c15-8-5-12-11(19-14(21)20-12)4-7(8)13(17)6-1-2-10(18)9(16)3-6/h1-5,13H,(H2,19,20,21). The van der Waals surface area contributed by atoms with Crippen LogP contribution < -0.4 is 5.69 Å². The first kappa shape index (κ1) is 15.3. The molecule has 0 bridgehead atoms. The fourth-order valence-electron chi connectivity index (χ4n) is 2.12. The predicted octanol–water partition coefficient (Wildman–Crippen LogP) is 5.52. The maximum Gasteiger partial charge on any atom is 0.323 e. The molecule has 0 aliphatic heterocycles. The van der Waals surface area contributed by atoms with Gasteiger partial charge in [-0.25, -0.2) is 4.79 Å². The molecule has 2 N–H and O–H groups in total. The summed E-state index contributed by atoms with van der Waals surface area (Å²) in [5.41, 5.74) is 3.41. The van der Waals surface area contributed by atoms with E-state index in [4.69, 9.17) is 11.6 Å². The number of fused-ring (bicyclic) bond motifs is 1. The molecule has 1 heterocycles. The molecule has 3 nitrogen and oxygen atoms in total. The van der Waals surface area contributed by atoms with Crippen molar-refractivity contribution in [1.29, 1.82) is 0 Å². The summed E-state index contributed by atoms with van der Waals surface area (Å²) in [5.74, 6) is 0. The number of aromatic nitrogens is 2. The molecule has 1 aromatic heterocycles. The second kappa shape index (κ2) is 5.91. The quantitative estimate of drug-likeness (QED) is 0.452. The highest BCUT2D eigenvalue weighted by atomic mass is 79.9. The monoisotopic (exact) mass is 492 g/mol. The molecule has 1 atom stereocenters. The highest BCUT2D eigenvalue weighted by Crippen LogP contribution is 2.38. The first-order chi connectivity index (χ1) is 9.95. The van der Waals surface area contributed by atoms with Crippen LogP contribution in [0.2, 0.25) is 5.02 Å². The summed E-state index contributed by atoms with van der Waals surface area (Å²) >= 11 is 16.7. The van der Waals surface area contributed by atoms with Gasteiger partial charge in [-0.1, -0.05) is 49.5 Å². The van der Waals surface area contributed by atoms with E-state index in [1.54, 1.807) is 0 Å². The Morgan fingerprint density at radius 3 is 2.33 bits per heavy atom. The SMILES string of the molecule is O=c1[nH]c2cc(Br)c(C(Br)c3ccc(Cl)c(Br)c3)cc2[nH]1. The van der Waals surface area contributed by atoms with Crippen LogP contribution in [0, 0.1) is 0 Å². The van der Waals surface area contributed by atoms with Crippen molar-refractivity contribution in [3.8, 4) is 0 Å². The summed E-state index contributed by atoms with van der Waals surface area (Å²) in [6, 6.07) is 9.61. The number of halogens is 4. The Kier molecular flexibility index (Phi) is 4.32. The zero-order valence-electron chi connectivity index (χ0n) is 10.4. The van der Waals surface area contributed by atoms with Crippen LogP contribution in [0.4, 0.5) is 0 Å². The van der Waals surface area contributed by atoms with E-state index in [1.807, 2.05) is 30.3 Å². The summed E-state index contributed by atoms with van der Waals surface area (Å²) in [6.07, 6.45) is 0. The molecule has 0 aliphatic carbocycles. The second-order valence-corrected chi connectivity index (χ2v) is 7.57. The van der Waals surface area contributed by atoms with E-state index < -0.39 is 0 Å². The Labute approximate surface area is 150 Å². The van der Waals surface area contributed by atoms with Gasteiger partial charge in [0.05, 0.1) is 20.9 Å². The van der Waals surface area contributed by atoms with Crippen molar-refractivity contribution < 1.29 is 0 Å². The van der Waals surface area contributed by atoms with E-state index >= 15 is 0 Å². The highest BCUT2D eigenvalue weighted by Gasteiger charge is 2.16. The molecular formula is C14H8Br3ClN2O. The minimum absolute atomic E-state index is 0.0248. The number of benzene rings is 2. The third-order valence-electron chi connectivity index (χ3n) is 3.14. The van der Waals surface area contributed by atoms with Crippen molar-refractivity contribution in [2.24, 2.45) is 0 Å². The van der Waals surface area contributed by atoms with E-state index in [1.165, 1.54) is 0 Å². The van der Waals surface area contributed by atoms with Gasteiger partial charge in [-0.2, -0.15) is 0 Å². The van der Waals surface area contributed by atoms with Gasteiger partial charge in [0.2, 0.25) is 0 Å². The maximum absolute atomic E-state index is 11.4. The molecule has 0 aliphatic rings. The molecular weight excluding hydrogens is 487 g/mol. The van der Waals surface area contributed by atoms with Crippen molar-refractivity contribution in [3.63, 3.8) is 0 Å². The average Bonchev–Trinajstić information content (AvgIpc) is 2.79. The van der Waals surface area contributed by atoms with Crippen molar-refractivity contribution in [2.75, 3.05) is 0 Å². The highest BCUT2D eigenvalue weighted by molar-refractivity contribution is 9.11. The number of imidazole rings is 1. The van der Waals surface area contributed by atoms with Crippen molar-refractivity contribution in [2.45, 2.75) is 4.83 Å². The van der Waals surface area contributed by atoms with Crippen LogP contribution in [0.15, 0.2) is 44.1 Å². The minimum atomic E-state index is -0.214. The van der Waals surface area contributed by atoms with Gasteiger partial charge in [-0.3, -0.25) is 0 Å². The summed E-state index contributed by atoms with van der Waals surface area (Å²) in [5, 5.41) is 0.669. The number of alkyl halides is 1. The van der Waals surface area contributed by atoms with Gasteiger partial charge < -0.3 is 9.97 Å². The Morgan fingerprint density at radius 2 is 1.67 bits per heavy atom. The molecule has 0 saturated carbocycles. The molecule has 7 heteroatoms. The van der Waals surface area contributed by atoms with Crippen LogP contribution in [0.1, 0.15) is 16.0 Å². The predicted molar refractivity (Wildman–Crippen MR) is 96.5 cm³/mol. The molecule has 2 aromatic carbocycles. The average molecular weight is 495 g/mol. The van der Waals surface area contributed by atoms with Gasteiger partial charge in [0.1, 0.15) is 0 Å². The van der Waals surface area contributed by atoms with Crippen LogP contribution in [-0.4, -0.2) is 9.97 Å². The molecule has 0 spiro atoms. The summed E-state index contributed by atoms with van der Waals surface area (Å²) < 4.78 is 1.76. The van der Waals surface area contributed by atoms with E-state index in [0.29, 0.717) is 5.02 Å². The van der Waals surface area contributed by atoms with E-state index in [9.17, 15) is 4.79 Å². The molecule has 21 heavy (non-hydrogen) atoms. The van der Waals surface area contributed by atoms with Gasteiger partial charge >= 0.3 is 5.69 Å². The second-order valence-electron chi connectivity index (χ2n) is 4.53. The lowest BCUT2D eigenvalue weighted by Gasteiger charge is -2.14. The summed E-state index contributed by atoms with van der Waals surface area (Å²) in [4.78, 5) is 16.9. The summed E-state index contributed by atoms with van der Waals surface area (Å²) in [7, 11) is 0. The van der Waals surface area contributed by atoms with Crippen LogP contribution in [0.5, 0.6) is 0 Å². The van der Waals surface area contributed by atoms with E-state index in [2.05, 4.69) is 57.8 Å². The molecule has 0 fully saturated rings. The number of H-pyrrole nitrogens is 2. The normalized spacial score (nSPS) is 12.8. The van der Waals surface area contributed by atoms with Crippen molar-refractivity contribution in [3.05, 3.63) is 65.9 Å². The molecule has 0 saturated heterocycles. The Balaban J connectivity index is 2.11. The fourth-order valence-corrected chi connectivity index (χ4v) is 4.17.